The molecule has 1 amide bonds. The number of anilines is 1. The molecule has 0 aromatic heterocycles. The molecule has 0 radical (unpaired) electrons. The Morgan fingerprint density at radius 2 is 1.76 bits per heavy atom. The lowest BCUT2D eigenvalue weighted by molar-refractivity contribution is -0.118. The molecule has 2 nitrogen and oxygen atoms in total. The van der Waals surface area contributed by atoms with Crippen molar-refractivity contribution in [3.05, 3.63) is 64.7 Å². The van der Waals surface area contributed by atoms with Gasteiger partial charge in [-0.05, 0) is 42.7 Å². The molecule has 1 aliphatic rings. The van der Waals surface area contributed by atoms with Crippen molar-refractivity contribution in [2.75, 3.05) is 5.32 Å². The van der Waals surface area contributed by atoms with Crippen LogP contribution >= 0.6 is 11.6 Å². The Labute approximate surface area is 125 Å². The largest absolute Gasteiger partial charge is 0.323 e. The SMILES string of the molecule is O=C(Nc1ccc(F)cc1F)C1(c2ccc(Cl)cc2)CC1. The maximum atomic E-state index is 13.6. The zero-order chi connectivity index (χ0) is 15.0. The van der Waals surface area contributed by atoms with E-state index in [0.717, 1.165) is 17.7 Å². The monoisotopic (exact) mass is 307 g/mol. The second-order valence-electron chi connectivity index (χ2n) is 5.17. The molecule has 0 spiro atoms. The van der Waals surface area contributed by atoms with E-state index < -0.39 is 17.0 Å². The predicted molar refractivity (Wildman–Crippen MR) is 77.4 cm³/mol. The second kappa shape index (κ2) is 5.11. The van der Waals surface area contributed by atoms with E-state index in [1.807, 2.05) is 0 Å². The van der Waals surface area contributed by atoms with Crippen LogP contribution in [0.25, 0.3) is 0 Å². The number of amides is 1. The molecule has 21 heavy (non-hydrogen) atoms. The van der Waals surface area contributed by atoms with Crippen molar-refractivity contribution >= 4 is 23.2 Å². The normalized spacial score (nSPS) is 15.6. The summed E-state index contributed by atoms with van der Waals surface area (Å²) in [6.45, 7) is 0. The van der Waals surface area contributed by atoms with Gasteiger partial charge in [-0.1, -0.05) is 23.7 Å². The van der Waals surface area contributed by atoms with Crippen molar-refractivity contribution < 1.29 is 13.6 Å². The molecule has 2 aromatic rings. The summed E-state index contributed by atoms with van der Waals surface area (Å²) in [5.41, 5.74) is 0.208. The molecule has 1 fully saturated rings. The second-order valence-corrected chi connectivity index (χ2v) is 5.60. The molecule has 0 saturated heterocycles. The van der Waals surface area contributed by atoms with E-state index in [1.165, 1.54) is 6.07 Å². The van der Waals surface area contributed by atoms with Gasteiger partial charge in [-0.25, -0.2) is 8.78 Å². The molecule has 0 atom stereocenters. The Morgan fingerprint density at radius 3 is 2.33 bits per heavy atom. The number of hydrogen-bond acceptors (Lipinski definition) is 1. The van der Waals surface area contributed by atoms with E-state index in [1.54, 1.807) is 24.3 Å². The van der Waals surface area contributed by atoms with Crippen LogP contribution in [-0.2, 0) is 10.2 Å². The first-order valence-corrected chi connectivity index (χ1v) is 6.92. The Bertz CT molecular complexity index is 696. The third kappa shape index (κ3) is 2.63. The quantitative estimate of drug-likeness (QED) is 0.900. The standard InChI is InChI=1S/C16H12ClF2NO/c17-11-3-1-10(2-4-11)16(7-8-16)15(21)20-14-6-5-12(18)9-13(14)19/h1-6,9H,7-8H2,(H,20,21). The Hall–Kier alpha value is -1.94. The average molecular weight is 308 g/mol. The van der Waals surface area contributed by atoms with Gasteiger partial charge in [0.2, 0.25) is 5.91 Å². The summed E-state index contributed by atoms with van der Waals surface area (Å²) in [5, 5.41) is 3.14. The van der Waals surface area contributed by atoms with Crippen molar-refractivity contribution in [2.45, 2.75) is 18.3 Å². The average Bonchev–Trinajstić information content (AvgIpc) is 3.24. The first-order valence-electron chi connectivity index (χ1n) is 6.54. The zero-order valence-corrected chi connectivity index (χ0v) is 11.8. The fraction of sp³-hybridized carbons (Fsp3) is 0.188. The van der Waals surface area contributed by atoms with E-state index in [-0.39, 0.29) is 11.6 Å². The van der Waals surface area contributed by atoms with E-state index >= 15 is 0 Å². The topological polar surface area (TPSA) is 29.1 Å². The maximum absolute atomic E-state index is 13.6. The molecule has 2 aromatic carbocycles. The summed E-state index contributed by atoms with van der Waals surface area (Å²) in [6.07, 6.45) is 1.40. The minimum atomic E-state index is -0.782. The van der Waals surface area contributed by atoms with Crippen LogP contribution in [-0.4, -0.2) is 5.91 Å². The van der Waals surface area contributed by atoms with Gasteiger partial charge in [0.15, 0.2) is 0 Å². The lowest BCUT2D eigenvalue weighted by atomic mass is 9.95. The van der Waals surface area contributed by atoms with Gasteiger partial charge < -0.3 is 5.32 Å². The number of carbonyl (C=O) groups excluding carboxylic acids is 1. The molecule has 0 aliphatic heterocycles. The highest BCUT2D eigenvalue weighted by molar-refractivity contribution is 6.30. The maximum Gasteiger partial charge on any atom is 0.235 e. The highest BCUT2D eigenvalue weighted by Crippen LogP contribution is 2.49. The highest BCUT2D eigenvalue weighted by atomic mass is 35.5. The van der Waals surface area contributed by atoms with Crippen molar-refractivity contribution in [2.24, 2.45) is 0 Å². The summed E-state index contributed by atoms with van der Waals surface area (Å²) >= 11 is 5.84. The third-order valence-corrected chi connectivity index (χ3v) is 4.01. The number of rotatable bonds is 3. The molecule has 0 unspecified atom stereocenters. The smallest absolute Gasteiger partial charge is 0.235 e. The molecule has 3 rings (SSSR count). The molecule has 5 heteroatoms. The summed E-state index contributed by atoms with van der Waals surface area (Å²) in [6, 6.07) is 10.1. The van der Waals surface area contributed by atoms with E-state index in [4.69, 9.17) is 11.6 Å². The van der Waals surface area contributed by atoms with Gasteiger partial charge in [0.05, 0.1) is 11.1 Å². The predicted octanol–water partition coefficient (Wildman–Crippen LogP) is 4.29. The molecule has 0 heterocycles. The molecular formula is C16H12ClF2NO. The fourth-order valence-corrected chi connectivity index (χ4v) is 2.50. The van der Waals surface area contributed by atoms with Crippen LogP contribution in [0.15, 0.2) is 42.5 Å². The summed E-state index contributed by atoms with van der Waals surface area (Å²) in [5.74, 6) is -1.74. The summed E-state index contributed by atoms with van der Waals surface area (Å²) in [4.78, 5) is 12.4. The molecule has 1 aliphatic carbocycles. The molecule has 1 N–H and O–H groups in total. The van der Waals surface area contributed by atoms with Crippen LogP contribution in [0.1, 0.15) is 18.4 Å². The molecule has 1 saturated carbocycles. The van der Waals surface area contributed by atoms with Crippen LogP contribution in [0.2, 0.25) is 5.02 Å². The number of carbonyl (C=O) groups is 1. The first-order chi connectivity index (χ1) is 10.0. The van der Waals surface area contributed by atoms with Crippen LogP contribution < -0.4 is 5.32 Å². The Balaban J connectivity index is 1.83. The van der Waals surface area contributed by atoms with Crippen molar-refractivity contribution in [3.63, 3.8) is 0 Å². The fourth-order valence-electron chi connectivity index (χ4n) is 2.37. The Morgan fingerprint density at radius 1 is 1.10 bits per heavy atom. The number of nitrogens with one attached hydrogen (secondary N) is 1. The third-order valence-electron chi connectivity index (χ3n) is 3.76. The highest BCUT2D eigenvalue weighted by Gasteiger charge is 2.51. The van der Waals surface area contributed by atoms with Gasteiger partial charge in [0.1, 0.15) is 11.6 Å². The minimum Gasteiger partial charge on any atom is -0.323 e. The number of halogens is 3. The Kier molecular flexibility index (Phi) is 3.41. The molecular weight excluding hydrogens is 296 g/mol. The van der Waals surface area contributed by atoms with E-state index in [9.17, 15) is 13.6 Å². The van der Waals surface area contributed by atoms with Crippen molar-refractivity contribution in [1.82, 2.24) is 0 Å². The molecule has 0 bridgehead atoms. The van der Waals surface area contributed by atoms with Crippen molar-refractivity contribution in [1.29, 1.82) is 0 Å². The number of benzene rings is 2. The van der Waals surface area contributed by atoms with Gasteiger partial charge in [-0.3, -0.25) is 4.79 Å². The van der Waals surface area contributed by atoms with Gasteiger partial charge in [-0.2, -0.15) is 0 Å². The van der Waals surface area contributed by atoms with Crippen LogP contribution in [0.5, 0.6) is 0 Å². The van der Waals surface area contributed by atoms with Crippen molar-refractivity contribution in [3.8, 4) is 0 Å². The van der Waals surface area contributed by atoms with Crippen LogP contribution in [0, 0.1) is 11.6 Å². The van der Waals surface area contributed by atoms with E-state index in [2.05, 4.69) is 5.32 Å². The molecule has 108 valence electrons. The van der Waals surface area contributed by atoms with Gasteiger partial charge in [0, 0.05) is 11.1 Å². The first kappa shape index (κ1) is 14.0. The van der Waals surface area contributed by atoms with Crippen LogP contribution in [0.3, 0.4) is 0 Å². The van der Waals surface area contributed by atoms with E-state index in [0.29, 0.717) is 17.9 Å². The lowest BCUT2D eigenvalue weighted by Gasteiger charge is -2.16. The minimum absolute atomic E-state index is 0.0124. The number of hydrogen-bond donors (Lipinski definition) is 1. The lowest BCUT2D eigenvalue weighted by Crippen LogP contribution is -2.28. The zero-order valence-electron chi connectivity index (χ0n) is 11.0. The van der Waals surface area contributed by atoms with Crippen LogP contribution in [0.4, 0.5) is 14.5 Å². The van der Waals surface area contributed by atoms with Gasteiger partial charge >= 0.3 is 0 Å². The van der Waals surface area contributed by atoms with Gasteiger partial charge in [0.25, 0.3) is 0 Å². The van der Waals surface area contributed by atoms with Gasteiger partial charge in [-0.15, -0.1) is 0 Å². The summed E-state index contributed by atoms with van der Waals surface area (Å²) < 4.78 is 26.5. The summed E-state index contributed by atoms with van der Waals surface area (Å²) in [7, 11) is 0.